The van der Waals surface area contributed by atoms with Gasteiger partial charge in [-0.25, -0.2) is 4.98 Å². The number of benzene rings is 1. The van der Waals surface area contributed by atoms with E-state index in [1.807, 2.05) is 37.6 Å². The number of piperazine rings is 1. The number of nitrogen functional groups attached to an aromatic ring is 1. The van der Waals surface area contributed by atoms with Crippen molar-refractivity contribution in [2.75, 3.05) is 23.7 Å². The van der Waals surface area contributed by atoms with Crippen LogP contribution in [-0.4, -0.2) is 49.2 Å². The summed E-state index contributed by atoms with van der Waals surface area (Å²) in [6.45, 7) is 1.54. The van der Waals surface area contributed by atoms with Gasteiger partial charge in [0.15, 0.2) is 5.82 Å². The first-order valence-corrected chi connectivity index (χ1v) is 11.9. The van der Waals surface area contributed by atoms with Gasteiger partial charge in [-0.3, -0.25) is 4.68 Å². The number of aromatic hydroxyl groups is 1. The van der Waals surface area contributed by atoms with Crippen molar-refractivity contribution in [3.63, 3.8) is 0 Å². The van der Waals surface area contributed by atoms with Gasteiger partial charge in [-0.2, -0.15) is 5.10 Å². The Bertz CT molecular complexity index is 1500. The van der Waals surface area contributed by atoms with E-state index in [0.29, 0.717) is 23.1 Å². The summed E-state index contributed by atoms with van der Waals surface area (Å²) in [5.41, 5.74) is 10.8. The second-order valence-electron chi connectivity index (χ2n) is 9.44. The van der Waals surface area contributed by atoms with E-state index in [-0.39, 0.29) is 11.3 Å². The van der Waals surface area contributed by atoms with Crippen molar-refractivity contribution in [3.8, 4) is 28.8 Å². The van der Waals surface area contributed by atoms with Crippen LogP contribution >= 0.6 is 0 Å². The lowest BCUT2D eigenvalue weighted by Crippen LogP contribution is -2.58. The van der Waals surface area contributed by atoms with Gasteiger partial charge < -0.3 is 21.1 Å². The molecule has 2 unspecified atom stereocenters. The summed E-state index contributed by atoms with van der Waals surface area (Å²) in [5, 5.41) is 26.8. The quantitative estimate of drug-likeness (QED) is 0.384. The van der Waals surface area contributed by atoms with Gasteiger partial charge in [0.1, 0.15) is 11.4 Å². The minimum atomic E-state index is -0.249. The molecule has 2 aliphatic heterocycles. The molecule has 5 heterocycles. The molecule has 3 aromatic heterocycles. The average Bonchev–Trinajstić information content (AvgIpc) is 3.45. The number of nitrogens with one attached hydrogen (secondary N) is 1. The fourth-order valence-corrected chi connectivity index (χ4v) is 5.26. The number of aryl methyl sites for hydroxylation is 1. The zero-order chi connectivity index (χ0) is 24.7. The number of phenolic OH excluding ortho intramolecular Hbond substituents is 1. The van der Waals surface area contributed by atoms with Gasteiger partial charge in [0.05, 0.1) is 28.7 Å². The molecule has 0 aliphatic carbocycles. The van der Waals surface area contributed by atoms with Crippen molar-refractivity contribution in [3.05, 3.63) is 77.9 Å². The molecule has 2 atom stereocenters. The molecule has 0 saturated carbocycles. The Morgan fingerprint density at radius 3 is 2.89 bits per heavy atom. The summed E-state index contributed by atoms with van der Waals surface area (Å²) in [6.07, 6.45) is 7.51. The molecule has 4 N–H and O–H groups in total. The highest BCUT2D eigenvalue weighted by Gasteiger charge is 2.46. The Morgan fingerprint density at radius 2 is 2.06 bits per heavy atom. The topological polar surface area (TPSA) is 118 Å². The molecule has 9 nitrogen and oxygen atoms in total. The molecule has 2 fully saturated rings. The molecule has 2 bridgehead atoms. The van der Waals surface area contributed by atoms with E-state index in [1.54, 1.807) is 23.0 Å². The van der Waals surface area contributed by atoms with Crippen molar-refractivity contribution >= 4 is 11.5 Å². The lowest BCUT2D eigenvalue weighted by Gasteiger charge is -2.43. The number of nitrogens with two attached hydrogens (primary N) is 1. The zero-order valence-corrected chi connectivity index (χ0v) is 19.9. The molecule has 2 aliphatic rings. The summed E-state index contributed by atoms with van der Waals surface area (Å²) < 4.78 is 1.73. The number of nitrogens with zero attached hydrogens (tertiary/aromatic N) is 6. The summed E-state index contributed by atoms with van der Waals surface area (Å²) in [6, 6.07) is 13.5. The number of pyridine rings is 1. The average molecular weight is 479 g/mol. The number of rotatable bonds is 3. The predicted octanol–water partition coefficient (Wildman–Crippen LogP) is 2.43. The molecule has 4 aromatic rings. The molecule has 0 amide bonds. The molecule has 0 radical (unpaired) electrons. The molecule has 2 saturated heterocycles. The smallest absolute Gasteiger partial charge is 0.169 e. The fraction of sp³-hybridized carbons (Fsp3) is 0.259. The second kappa shape index (κ2) is 8.66. The van der Waals surface area contributed by atoms with Crippen molar-refractivity contribution in [2.45, 2.75) is 24.4 Å². The third-order valence-electron chi connectivity index (χ3n) is 6.98. The number of hydrogen-bond acceptors (Lipinski definition) is 8. The maximum atomic E-state index is 10.3. The summed E-state index contributed by atoms with van der Waals surface area (Å²) in [4.78, 5) is 6.76. The molecule has 180 valence electrons. The Balaban J connectivity index is 1.32. The van der Waals surface area contributed by atoms with Crippen LogP contribution in [0.15, 0.2) is 61.1 Å². The molecular weight excluding hydrogens is 452 g/mol. The first kappa shape index (κ1) is 22.1. The van der Waals surface area contributed by atoms with Crippen LogP contribution in [0.25, 0.3) is 11.3 Å². The van der Waals surface area contributed by atoms with Crippen LogP contribution in [0.2, 0.25) is 0 Å². The molecular formula is C27H26N8O. The first-order chi connectivity index (χ1) is 17.5. The Morgan fingerprint density at radius 1 is 1.17 bits per heavy atom. The maximum Gasteiger partial charge on any atom is 0.169 e. The molecule has 36 heavy (non-hydrogen) atoms. The third kappa shape index (κ3) is 4.01. The van der Waals surface area contributed by atoms with E-state index in [4.69, 9.17) is 5.73 Å². The third-order valence-corrected chi connectivity index (χ3v) is 6.98. The highest BCUT2D eigenvalue weighted by atomic mass is 16.3. The monoisotopic (exact) mass is 478 g/mol. The van der Waals surface area contributed by atoms with Gasteiger partial charge in [-0.05, 0) is 54.7 Å². The number of fused-ring (bicyclic) bond motifs is 2. The predicted molar refractivity (Wildman–Crippen MR) is 137 cm³/mol. The maximum absolute atomic E-state index is 10.3. The van der Waals surface area contributed by atoms with E-state index >= 15 is 0 Å². The number of hydrogen-bond donors (Lipinski definition) is 3. The first-order valence-electron chi connectivity index (χ1n) is 11.9. The van der Waals surface area contributed by atoms with Crippen LogP contribution in [0, 0.1) is 11.8 Å². The Kier molecular flexibility index (Phi) is 5.31. The van der Waals surface area contributed by atoms with Gasteiger partial charge in [0.2, 0.25) is 0 Å². The van der Waals surface area contributed by atoms with Gasteiger partial charge in [-0.15, -0.1) is 10.2 Å². The molecule has 1 aromatic carbocycles. The van der Waals surface area contributed by atoms with E-state index in [2.05, 4.69) is 54.5 Å². The van der Waals surface area contributed by atoms with Crippen molar-refractivity contribution in [1.29, 1.82) is 0 Å². The zero-order valence-electron chi connectivity index (χ0n) is 19.9. The Labute approximate surface area is 209 Å². The molecule has 0 spiro atoms. The Hall–Kier alpha value is -4.42. The fourth-order valence-electron chi connectivity index (χ4n) is 5.26. The minimum absolute atomic E-state index is 0.163. The normalized spacial score (nSPS) is 20.7. The molecule has 9 heteroatoms. The van der Waals surface area contributed by atoms with E-state index in [9.17, 15) is 5.11 Å². The summed E-state index contributed by atoms with van der Waals surface area (Å²) in [7, 11) is 1.87. The van der Waals surface area contributed by atoms with Crippen LogP contribution in [-0.2, 0) is 12.6 Å². The second-order valence-corrected chi connectivity index (χ2v) is 9.44. The number of phenols is 1. The highest BCUT2D eigenvalue weighted by molar-refractivity contribution is 5.74. The lowest BCUT2D eigenvalue weighted by molar-refractivity contribution is 0.329. The summed E-state index contributed by atoms with van der Waals surface area (Å²) in [5.74, 6) is 6.86. The lowest BCUT2D eigenvalue weighted by atomic mass is 9.87. The van der Waals surface area contributed by atoms with E-state index < -0.39 is 0 Å². The van der Waals surface area contributed by atoms with Gasteiger partial charge in [0.25, 0.3) is 0 Å². The van der Waals surface area contributed by atoms with Crippen molar-refractivity contribution < 1.29 is 5.11 Å². The largest absolute Gasteiger partial charge is 0.507 e. The van der Waals surface area contributed by atoms with Crippen LogP contribution in [0.4, 0.5) is 11.5 Å². The van der Waals surface area contributed by atoms with E-state index in [0.717, 1.165) is 48.4 Å². The summed E-state index contributed by atoms with van der Waals surface area (Å²) >= 11 is 0. The van der Waals surface area contributed by atoms with Crippen molar-refractivity contribution in [2.24, 2.45) is 7.05 Å². The van der Waals surface area contributed by atoms with Gasteiger partial charge >= 0.3 is 0 Å². The minimum Gasteiger partial charge on any atom is -0.507 e. The SMILES string of the molecule is Cn1cc(C#Cc2cc(C34CCC(CN(c5cc(-c6ccccc6O)nnc5N)C3)N4)ccn2)cn1. The van der Waals surface area contributed by atoms with Crippen LogP contribution < -0.4 is 16.0 Å². The number of anilines is 2. The molecule has 6 rings (SSSR count). The van der Waals surface area contributed by atoms with Crippen LogP contribution in [0.5, 0.6) is 5.75 Å². The number of aromatic nitrogens is 5. The van der Waals surface area contributed by atoms with Crippen LogP contribution in [0.3, 0.4) is 0 Å². The number of para-hydroxylation sites is 1. The highest BCUT2D eigenvalue weighted by Crippen LogP contribution is 2.41. The van der Waals surface area contributed by atoms with Crippen LogP contribution in [0.1, 0.15) is 29.7 Å². The standard InChI is InChI=1S/C27H26N8O/c1-34-15-18(14-30-34)6-7-20-12-19(9-11-29-20)27-10-8-21(31-27)16-35(17-27)24-13-23(32-33-26(24)28)22-4-2-3-5-25(22)36/h2-5,9,11-15,21,31,36H,8,10,16-17H2,1H3,(H2,28,33). The van der Waals surface area contributed by atoms with Gasteiger partial charge in [-0.1, -0.05) is 18.1 Å². The van der Waals surface area contributed by atoms with Crippen molar-refractivity contribution in [1.82, 2.24) is 30.3 Å². The van der Waals surface area contributed by atoms with E-state index in [1.165, 1.54) is 0 Å². The van der Waals surface area contributed by atoms with Gasteiger partial charge in [0, 0.05) is 44.1 Å².